The van der Waals surface area contributed by atoms with Crippen LogP contribution in [-0.4, -0.2) is 45.1 Å². The van der Waals surface area contributed by atoms with E-state index in [1.54, 1.807) is 10.8 Å². The third-order valence-corrected chi connectivity index (χ3v) is 6.71. The van der Waals surface area contributed by atoms with Gasteiger partial charge in [0.1, 0.15) is 5.52 Å². The van der Waals surface area contributed by atoms with Gasteiger partial charge in [-0.05, 0) is 62.9 Å². The molecule has 1 atom stereocenters. The lowest BCUT2D eigenvalue weighted by molar-refractivity contribution is -0.125. The van der Waals surface area contributed by atoms with Crippen molar-refractivity contribution in [3.63, 3.8) is 0 Å². The normalized spacial score (nSPS) is 16.3. The lowest BCUT2D eigenvalue weighted by Gasteiger charge is -2.32. The minimum absolute atomic E-state index is 0.0407. The minimum Gasteiger partial charge on any atom is -0.361 e. The van der Waals surface area contributed by atoms with E-state index in [0.717, 1.165) is 31.3 Å². The molecular weight excluding hydrogens is 428 g/mol. The number of hydrogen-bond acceptors (Lipinski definition) is 5. The molecule has 176 valence electrons. The molecule has 0 saturated carbocycles. The van der Waals surface area contributed by atoms with Crippen LogP contribution in [0.4, 0.5) is 5.82 Å². The van der Waals surface area contributed by atoms with E-state index in [0.29, 0.717) is 36.6 Å². The number of aryl methyl sites for hydroxylation is 2. The molecule has 0 bridgehead atoms. The van der Waals surface area contributed by atoms with E-state index < -0.39 is 0 Å². The van der Waals surface area contributed by atoms with Crippen LogP contribution >= 0.6 is 0 Å². The molecule has 0 unspecified atom stereocenters. The van der Waals surface area contributed by atoms with Crippen molar-refractivity contribution >= 4 is 33.8 Å². The number of nitrogens with one attached hydrogen (secondary N) is 2. The molecule has 34 heavy (non-hydrogen) atoms. The molecule has 5 rings (SSSR count). The Morgan fingerprint density at radius 1 is 1.29 bits per heavy atom. The number of aromatic amines is 1. The quantitative estimate of drug-likeness (QED) is 0.463. The summed E-state index contributed by atoms with van der Waals surface area (Å²) in [6.07, 6.45) is 6.13. The van der Waals surface area contributed by atoms with E-state index >= 15 is 0 Å². The summed E-state index contributed by atoms with van der Waals surface area (Å²) in [5.74, 6) is 0.285. The first kappa shape index (κ1) is 22.1. The third-order valence-electron chi connectivity index (χ3n) is 6.71. The van der Waals surface area contributed by atoms with Gasteiger partial charge < -0.3 is 15.2 Å². The maximum atomic E-state index is 13.1. The van der Waals surface area contributed by atoms with Gasteiger partial charge in [0.15, 0.2) is 11.5 Å². The van der Waals surface area contributed by atoms with E-state index in [1.807, 2.05) is 30.2 Å². The van der Waals surface area contributed by atoms with Crippen LogP contribution in [0.3, 0.4) is 0 Å². The molecule has 1 saturated heterocycles. The molecule has 8 heteroatoms. The molecule has 0 radical (unpaired) electrons. The lowest BCUT2D eigenvalue weighted by Crippen LogP contribution is -2.46. The topological polar surface area (TPSA) is 95.9 Å². The number of carbonyl (C=O) groups is 1. The highest BCUT2D eigenvalue weighted by atomic mass is 16.2. The van der Waals surface area contributed by atoms with Crippen molar-refractivity contribution in [3.05, 3.63) is 64.2 Å². The van der Waals surface area contributed by atoms with E-state index in [9.17, 15) is 9.59 Å². The SMILES string of the molecule is CCn1c(=O)c(N2CCC[C@@H](C(=O)NCCc3c[nH]c4ccc(C)cc34)C2)nc2cccnc21. The van der Waals surface area contributed by atoms with Crippen LogP contribution in [0.15, 0.2) is 47.5 Å². The Balaban J connectivity index is 1.27. The Bertz CT molecular complexity index is 1410. The number of pyridine rings is 1. The number of carbonyl (C=O) groups excluding carboxylic acids is 1. The van der Waals surface area contributed by atoms with Gasteiger partial charge in [-0.1, -0.05) is 11.6 Å². The van der Waals surface area contributed by atoms with Crippen molar-refractivity contribution in [2.45, 2.75) is 39.7 Å². The molecule has 3 aromatic heterocycles. The van der Waals surface area contributed by atoms with E-state index in [2.05, 4.69) is 45.4 Å². The molecule has 1 amide bonds. The lowest BCUT2D eigenvalue weighted by atomic mass is 9.97. The summed E-state index contributed by atoms with van der Waals surface area (Å²) in [6, 6.07) is 10.1. The van der Waals surface area contributed by atoms with Gasteiger partial charge in [-0.2, -0.15) is 0 Å². The monoisotopic (exact) mass is 458 g/mol. The van der Waals surface area contributed by atoms with Crippen LogP contribution in [0.1, 0.15) is 30.9 Å². The van der Waals surface area contributed by atoms with E-state index in [-0.39, 0.29) is 17.4 Å². The summed E-state index contributed by atoms with van der Waals surface area (Å²) in [5, 5.41) is 4.33. The predicted molar refractivity (Wildman–Crippen MR) is 134 cm³/mol. The van der Waals surface area contributed by atoms with Crippen LogP contribution in [0, 0.1) is 12.8 Å². The Labute approximate surface area is 198 Å². The molecule has 1 aliphatic heterocycles. The average molecular weight is 459 g/mol. The zero-order valence-electron chi connectivity index (χ0n) is 19.7. The Hall–Kier alpha value is -3.68. The summed E-state index contributed by atoms with van der Waals surface area (Å²) >= 11 is 0. The van der Waals surface area contributed by atoms with Crippen LogP contribution < -0.4 is 15.8 Å². The zero-order chi connectivity index (χ0) is 23.7. The van der Waals surface area contributed by atoms with Crippen LogP contribution in [0.2, 0.25) is 0 Å². The van der Waals surface area contributed by atoms with Crippen molar-refractivity contribution in [1.82, 2.24) is 24.8 Å². The van der Waals surface area contributed by atoms with Gasteiger partial charge in [-0.3, -0.25) is 14.2 Å². The number of benzene rings is 1. The number of piperidine rings is 1. The van der Waals surface area contributed by atoms with Crippen molar-refractivity contribution < 1.29 is 4.79 Å². The van der Waals surface area contributed by atoms with E-state index in [4.69, 9.17) is 0 Å². The fourth-order valence-electron chi connectivity index (χ4n) is 4.91. The van der Waals surface area contributed by atoms with Gasteiger partial charge in [0.05, 0.1) is 5.92 Å². The molecule has 4 heterocycles. The number of nitrogens with zero attached hydrogens (tertiary/aromatic N) is 4. The first-order chi connectivity index (χ1) is 16.5. The van der Waals surface area contributed by atoms with E-state index in [1.165, 1.54) is 16.5 Å². The second-order valence-corrected chi connectivity index (χ2v) is 9.02. The Kier molecular flexibility index (Phi) is 6.04. The van der Waals surface area contributed by atoms with Gasteiger partial charge in [-0.25, -0.2) is 9.97 Å². The summed E-state index contributed by atoms with van der Waals surface area (Å²) in [4.78, 5) is 40.4. The second kappa shape index (κ2) is 9.29. The summed E-state index contributed by atoms with van der Waals surface area (Å²) in [6.45, 7) is 6.33. The largest absolute Gasteiger partial charge is 0.361 e. The first-order valence-corrected chi connectivity index (χ1v) is 12.0. The fourth-order valence-corrected chi connectivity index (χ4v) is 4.91. The zero-order valence-corrected chi connectivity index (χ0v) is 19.7. The average Bonchev–Trinajstić information content (AvgIpc) is 3.25. The van der Waals surface area contributed by atoms with Crippen LogP contribution in [0.5, 0.6) is 0 Å². The van der Waals surface area contributed by atoms with Crippen LogP contribution in [-0.2, 0) is 17.8 Å². The van der Waals surface area contributed by atoms with Crippen molar-refractivity contribution in [2.24, 2.45) is 5.92 Å². The molecule has 8 nitrogen and oxygen atoms in total. The van der Waals surface area contributed by atoms with Gasteiger partial charge in [0.2, 0.25) is 5.91 Å². The molecule has 1 aliphatic rings. The first-order valence-electron chi connectivity index (χ1n) is 12.0. The number of H-pyrrole nitrogens is 1. The maximum absolute atomic E-state index is 13.1. The van der Waals surface area contributed by atoms with Crippen molar-refractivity contribution in [1.29, 1.82) is 0 Å². The summed E-state index contributed by atoms with van der Waals surface area (Å²) < 4.78 is 1.66. The minimum atomic E-state index is -0.167. The molecule has 1 aromatic carbocycles. The number of aromatic nitrogens is 4. The number of rotatable bonds is 6. The smallest absolute Gasteiger partial charge is 0.295 e. The highest BCUT2D eigenvalue weighted by Crippen LogP contribution is 2.22. The van der Waals surface area contributed by atoms with Gasteiger partial charge in [0.25, 0.3) is 5.56 Å². The fraction of sp³-hybridized carbons (Fsp3) is 0.385. The van der Waals surface area contributed by atoms with Crippen molar-refractivity contribution in [2.75, 3.05) is 24.5 Å². The van der Waals surface area contributed by atoms with Gasteiger partial charge in [-0.15, -0.1) is 0 Å². The van der Waals surface area contributed by atoms with Crippen molar-refractivity contribution in [3.8, 4) is 0 Å². The number of hydrogen-bond donors (Lipinski definition) is 2. The van der Waals surface area contributed by atoms with Gasteiger partial charge in [0, 0.05) is 49.5 Å². The molecule has 2 N–H and O–H groups in total. The molecule has 0 aliphatic carbocycles. The van der Waals surface area contributed by atoms with Gasteiger partial charge >= 0.3 is 0 Å². The summed E-state index contributed by atoms with van der Waals surface area (Å²) in [7, 11) is 0. The molecule has 0 spiro atoms. The second-order valence-electron chi connectivity index (χ2n) is 9.02. The number of amides is 1. The standard InChI is InChI=1S/C26H30N6O2/c1-3-32-23-22(7-4-11-27-23)30-24(26(32)34)31-13-5-6-19(16-31)25(33)28-12-10-18-15-29-21-9-8-17(2)14-20(18)21/h4,7-9,11,14-15,19,29H,3,5-6,10,12-13,16H2,1-2H3,(H,28,33)/t19-/m1/s1. The maximum Gasteiger partial charge on any atom is 0.295 e. The third kappa shape index (κ3) is 4.16. The highest BCUT2D eigenvalue weighted by Gasteiger charge is 2.28. The highest BCUT2D eigenvalue weighted by molar-refractivity contribution is 5.84. The van der Waals surface area contributed by atoms with Crippen LogP contribution in [0.25, 0.3) is 22.1 Å². The number of anilines is 1. The molecule has 4 aromatic rings. The predicted octanol–water partition coefficient (Wildman–Crippen LogP) is 3.18. The summed E-state index contributed by atoms with van der Waals surface area (Å²) in [5.41, 5.74) is 4.69. The molecule has 1 fully saturated rings. The number of fused-ring (bicyclic) bond motifs is 2. The molecular formula is C26H30N6O2. The Morgan fingerprint density at radius 2 is 2.18 bits per heavy atom. The Morgan fingerprint density at radius 3 is 3.03 bits per heavy atom.